The number of H-pyrrole nitrogens is 1. The van der Waals surface area contributed by atoms with Crippen molar-refractivity contribution >= 4 is 75.5 Å². The SMILES string of the molecule is O=C(C#Cc1c(C(=O)O)[nH]c2cc(Cl)cc(Cl)c12)NC12CC3CC(CC(C3)C1)C2.[NaH]. The van der Waals surface area contributed by atoms with Crippen molar-refractivity contribution in [2.24, 2.45) is 17.8 Å². The molecule has 1 heterocycles. The first-order valence-corrected chi connectivity index (χ1v) is 10.7. The molecule has 0 spiro atoms. The number of aromatic nitrogens is 1. The molecule has 1 aromatic heterocycles. The molecule has 8 heteroatoms. The predicted molar refractivity (Wildman–Crippen MR) is 118 cm³/mol. The van der Waals surface area contributed by atoms with Crippen molar-refractivity contribution in [1.29, 1.82) is 0 Å². The number of nitrogens with one attached hydrogen (secondary N) is 2. The molecule has 1 aromatic carbocycles. The topological polar surface area (TPSA) is 82.2 Å². The summed E-state index contributed by atoms with van der Waals surface area (Å²) in [4.78, 5) is 27.1. The minimum atomic E-state index is -1.17. The summed E-state index contributed by atoms with van der Waals surface area (Å²) in [7, 11) is 0. The van der Waals surface area contributed by atoms with E-state index < -0.39 is 5.97 Å². The Kier molecular flexibility index (Phi) is 5.93. The molecule has 0 saturated heterocycles. The van der Waals surface area contributed by atoms with Gasteiger partial charge in [0, 0.05) is 21.9 Å². The van der Waals surface area contributed by atoms with E-state index in [1.165, 1.54) is 25.3 Å². The first-order valence-electron chi connectivity index (χ1n) is 9.90. The third-order valence-corrected chi connectivity index (χ3v) is 7.26. The Bertz CT molecular complexity index is 1080. The average molecular weight is 455 g/mol. The number of carbonyl (C=O) groups is 2. The van der Waals surface area contributed by atoms with Crippen LogP contribution in [-0.4, -0.2) is 57.1 Å². The van der Waals surface area contributed by atoms with Crippen LogP contribution in [0.1, 0.15) is 54.6 Å². The number of carboxylic acid groups (broad SMARTS) is 1. The number of fused-ring (bicyclic) bond motifs is 1. The van der Waals surface area contributed by atoms with Crippen LogP contribution in [0.25, 0.3) is 10.9 Å². The maximum atomic E-state index is 12.7. The van der Waals surface area contributed by atoms with Gasteiger partial charge in [0.05, 0.1) is 16.1 Å². The molecule has 30 heavy (non-hydrogen) atoms. The molecule has 4 aliphatic carbocycles. The summed E-state index contributed by atoms with van der Waals surface area (Å²) in [6.45, 7) is 0. The molecule has 4 fully saturated rings. The van der Waals surface area contributed by atoms with Crippen molar-refractivity contribution in [2.75, 3.05) is 0 Å². The summed E-state index contributed by atoms with van der Waals surface area (Å²) < 4.78 is 0. The van der Waals surface area contributed by atoms with E-state index in [4.69, 9.17) is 23.2 Å². The molecule has 4 aliphatic rings. The Morgan fingerprint density at radius 1 is 1.10 bits per heavy atom. The van der Waals surface area contributed by atoms with Gasteiger partial charge < -0.3 is 15.4 Å². The van der Waals surface area contributed by atoms with E-state index in [0.29, 0.717) is 38.7 Å². The number of aromatic amines is 1. The van der Waals surface area contributed by atoms with E-state index in [-0.39, 0.29) is 52.3 Å². The fourth-order valence-electron chi connectivity index (χ4n) is 6.19. The second-order valence-corrected chi connectivity index (χ2v) is 9.74. The zero-order valence-electron chi connectivity index (χ0n) is 15.6. The van der Waals surface area contributed by atoms with E-state index in [9.17, 15) is 14.7 Å². The van der Waals surface area contributed by atoms with Crippen molar-refractivity contribution in [1.82, 2.24) is 10.3 Å². The van der Waals surface area contributed by atoms with E-state index >= 15 is 0 Å². The zero-order chi connectivity index (χ0) is 20.3. The van der Waals surface area contributed by atoms with Crippen LogP contribution in [0.2, 0.25) is 10.0 Å². The summed E-state index contributed by atoms with van der Waals surface area (Å²) in [5.41, 5.74) is 0.446. The van der Waals surface area contributed by atoms with Gasteiger partial charge in [-0.2, -0.15) is 0 Å². The molecular weight excluding hydrogens is 434 g/mol. The van der Waals surface area contributed by atoms with Gasteiger partial charge in [0.15, 0.2) is 0 Å². The van der Waals surface area contributed by atoms with Crippen molar-refractivity contribution in [3.63, 3.8) is 0 Å². The molecule has 152 valence electrons. The summed E-state index contributed by atoms with van der Waals surface area (Å²) in [6.07, 6.45) is 6.97. The standard InChI is InChI=1S/C22H20Cl2N2O3.Na.H/c23-14-6-16(24)19-15(20(21(28)29)25-17(19)7-14)1-2-18(27)26-22-8-11-3-12(9-22)5-13(4-11)10-22;;/h6-7,11-13,25H,3-5,8-10H2,(H,26,27)(H,28,29);;. The van der Waals surface area contributed by atoms with Crippen LogP contribution < -0.4 is 5.32 Å². The average Bonchev–Trinajstić information content (AvgIpc) is 2.97. The fourth-order valence-corrected chi connectivity index (χ4v) is 6.78. The number of carboxylic acids is 1. The molecule has 0 atom stereocenters. The Hall–Kier alpha value is -1.16. The van der Waals surface area contributed by atoms with Crippen molar-refractivity contribution in [3.8, 4) is 11.8 Å². The van der Waals surface area contributed by atoms with Gasteiger partial charge in [0.1, 0.15) is 5.69 Å². The number of aromatic carboxylic acids is 1. The number of halogens is 2. The number of hydrogen-bond acceptors (Lipinski definition) is 2. The normalized spacial score (nSPS) is 28.5. The molecule has 0 radical (unpaired) electrons. The monoisotopic (exact) mass is 454 g/mol. The first kappa shape index (κ1) is 22.0. The number of rotatable bonds is 2. The molecule has 0 aliphatic heterocycles. The Balaban J connectivity index is 0.00000218. The third kappa shape index (κ3) is 3.89. The Labute approximate surface area is 206 Å². The van der Waals surface area contributed by atoms with Crippen LogP contribution in [0.3, 0.4) is 0 Å². The van der Waals surface area contributed by atoms with Gasteiger partial charge in [0.25, 0.3) is 5.91 Å². The number of hydrogen-bond donors (Lipinski definition) is 3. The van der Waals surface area contributed by atoms with Gasteiger partial charge in [0.2, 0.25) is 0 Å². The minimum absolute atomic E-state index is 0. The molecule has 4 saturated carbocycles. The number of amides is 1. The van der Waals surface area contributed by atoms with Crippen LogP contribution in [0.4, 0.5) is 0 Å². The summed E-state index contributed by atoms with van der Waals surface area (Å²) >= 11 is 12.3. The molecular formula is C22H21Cl2N2NaO3. The summed E-state index contributed by atoms with van der Waals surface area (Å²) in [6, 6.07) is 3.13. The maximum absolute atomic E-state index is 12.7. The second-order valence-electron chi connectivity index (χ2n) is 8.89. The molecule has 4 bridgehead atoms. The first-order chi connectivity index (χ1) is 13.8. The van der Waals surface area contributed by atoms with E-state index in [1.807, 2.05) is 0 Å². The van der Waals surface area contributed by atoms with Crippen LogP contribution in [0.5, 0.6) is 0 Å². The van der Waals surface area contributed by atoms with Crippen LogP contribution in [-0.2, 0) is 4.79 Å². The molecule has 3 N–H and O–H groups in total. The van der Waals surface area contributed by atoms with E-state index in [0.717, 1.165) is 19.3 Å². The van der Waals surface area contributed by atoms with E-state index in [1.54, 1.807) is 6.07 Å². The van der Waals surface area contributed by atoms with Gasteiger partial charge in [-0.05, 0) is 68.4 Å². The number of carbonyl (C=O) groups excluding carboxylic acids is 1. The predicted octanol–water partition coefficient (Wildman–Crippen LogP) is 3.96. The molecule has 0 unspecified atom stereocenters. The van der Waals surface area contributed by atoms with Gasteiger partial charge in [-0.3, -0.25) is 4.79 Å². The summed E-state index contributed by atoms with van der Waals surface area (Å²) in [5.74, 6) is 5.99. The zero-order valence-corrected chi connectivity index (χ0v) is 17.2. The second kappa shape index (κ2) is 8.07. The van der Waals surface area contributed by atoms with Crippen LogP contribution >= 0.6 is 23.2 Å². The van der Waals surface area contributed by atoms with E-state index in [2.05, 4.69) is 22.1 Å². The van der Waals surface area contributed by atoms with Gasteiger partial charge in [-0.15, -0.1) is 0 Å². The molecule has 1 amide bonds. The Morgan fingerprint density at radius 3 is 2.27 bits per heavy atom. The van der Waals surface area contributed by atoms with Crippen molar-refractivity contribution in [2.45, 2.75) is 44.1 Å². The molecule has 2 aromatic rings. The van der Waals surface area contributed by atoms with Crippen LogP contribution in [0.15, 0.2) is 12.1 Å². The molecule has 5 nitrogen and oxygen atoms in total. The number of benzene rings is 1. The third-order valence-electron chi connectivity index (χ3n) is 6.75. The molecule has 6 rings (SSSR count). The summed E-state index contributed by atoms with van der Waals surface area (Å²) in [5, 5.41) is 13.9. The van der Waals surface area contributed by atoms with Crippen LogP contribution in [0, 0.1) is 29.6 Å². The van der Waals surface area contributed by atoms with Gasteiger partial charge >= 0.3 is 35.5 Å². The quantitative estimate of drug-likeness (QED) is 0.474. The van der Waals surface area contributed by atoms with Crippen molar-refractivity contribution < 1.29 is 14.7 Å². The van der Waals surface area contributed by atoms with Crippen molar-refractivity contribution in [3.05, 3.63) is 33.4 Å². The fraction of sp³-hybridized carbons (Fsp3) is 0.455. The Morgan fingerprint density at radius 2 is 1.70 bits per heavy atom. The van der Waals surface area contributed by atoms with Gasteiger partial charge in [-0.25, -0.2) is 4.79 Å². The van der Waals surface area contributed by atoms with Gasteiger partial charge in [-0.1, -0.05) is 29.1 Å².